The van der Waals surface area contributed by atoms with E-state index >= 15 is 0 Å². The lowest BCUT2D eigenvalue weighted by molar-refractivity contribution is -0.123. The third kappa shape index (κ3) is 3.27. The monoisotopic (exact) mass is 277 g/mol. The Morgan fingerprint density at radius 2 is 2.20 bits per heavy atom. The largest absolute Gasteiger partial charge is 0.493 e. The standard InChI is InChI=1S/C14H19N3O3/c1-14(16,13(15)19)6-7-20-10-3-4-11-9(8-10)2-5-12(18)17-11/h3-4,8H,2,5-7,16H2,1H3,(H2,15,19)(H,17,18). The van der Waals surface area contributed by atoms with Crippen LogP contribution < -0.4 is 21.5 Å². The maximum Gasteiger partial charge on any atom is 0.237 e. The molecule has 6 nitrogen and oxygen atoms in total. The number of fused-ring (bicyclic) bond motifs is 1. The van der Waals surface area contributed by atoms with Crippen molar-refractivity contribution in [1.82, 2.24) is 0 Å². The predicted octanol–water partition coefficient (Wildman–Crippen LogP) is 0.543. The van der Waals surface area contributed by atoms with Crippen molar-refractivity contribution in [3.63, 3.8) is 0 Å². The lowest BCUT2D eigenvalue weighted by Crippen LogP contribution is -2.50. The average Bonchev–Trinajstić information content (AvgIpc) is 2.38. The molecule has 1 aliphatic rings. The Bertz CT molecular complexity index is 540. The molecule has 0 aliphatic carbocycles. The summed E-state index contributed by atoms with van der Waals surface area (Å²) in [5.41, 5.74) is 11.8. The van der Waals surface area contributed by atoms with Crippen LogP contribution in [-0.4, -0.2) is 24.0 Å². The first kappa shape index (κ1) is 14.3. The van der Waals surface area contributed by atoms with Crippen LogP contribution in [0.1, 0.15) is 25.3 Å². The van der Waals surface area contributed by atoms with Crippen LogP contribution in [0.4, 0.5) is 5.69 Å². The number of hydrogen-bond acceptors (Lipinski definition) is 4. The van der Waals surface area contributed by atoms with E-state index in [1.54, 1.807) is 13.0 Å². The molecule has 0 spiro atoms. The molecular weight excluding hydrogens is 258 g/mol. The number of amides is 2. The Kier molecular flexibility index (Phi) is 3.94. The van der Waals surface area contributed by atoms with Crippen molar-refractivity contribution >= 4 is 17.5 Å². The Morgan fingerprint density at radius 3 is 2.90 bits per heavy atom. The molecule has 0 bridgehead atoms. The van der Waals surface area contributed by atoms with Gasteiger partial charge in [-0.3, -0.25) is 9.59 Å². The highest BCUT2D eigenvalue weighted by molar-refractivity contribution is 5.94. The van der Waals surface area contributed by atoms with E-state index in [1.807, 2.05) is 12.1 Å². The van der Waals surface area contributed by atoms with Gasteiger partial charge in [-0.1, -0.05) is 0 Å². The van der Waals surface area contributed by atoms with Crippen molar-refractivity contribution in [2.45, 2.75) is 31.7 Å². The third-order valence-electron chi connectivity index (χ3n) is 3.43. The summed E-state index contributed by atoms with van der Waals surface area (Å²) in [5.74, 6) is 0.181. The first-order valence-corrected chi connectivity index (χ1v) is 6.53. The smallest absolute Gasteiger partial charge is 0.237 e. The lowest BCUT2D eigenvalue weighted by atomic mass is 9.99. The summed E-state index contributed by atoms with van der Waals surface area (Å²) >= 11 is 0. The molecule has 108 valence electrons. The van der Waals surface area contributed by atoms with E-state index in [0.717, 1.165) is 11.3 Å². The SMILES string of the molecule is CC(N)(CCOc1ccc2c(c1)CCC(=O)N2)C(N)=O. The number of aryl methyl sites for hydroxylation is 1. The van der Waals surface area contributed by atoms with E-state index in [1.165, 1.54) is 0 Å². The number of nitrogens with two attached hydrogens (primary N) is 2. The van der Waals surface area contributed by atoms with Crippen molar-refractivity contribution in [3.8, 4) is 5.75 Å². The zero-order valence-corrected chi connectivity index (χ0v) is 11.4. The number of rotatable bonds is 5. The summed E-state index contributed by atoms with van der Waals surface area (Å²) in [5, 5.41) is 2.81. The quantitative estimate of drug-likeness (QED) is 0.730. The van der Waals surface area contributed by atoms with Gasteiger partial charge in [0, 0.05) is 18.5 Å². The second-order valence-corrected chi connectivity index (χ2v) is 5.25. The van der Waals surface area contributed by atoms with Crippen LogP contribution in [0.15, 0.2) is 18.2 Å². The maximum atomic E-state index is 11.3. The summed E-state index contributed by atoms with van der Waals surface area (Å²) in [6.07, 6.45) is 1.53. The van der Waals surface area contributed by atoms with E-state index in [4.69, 9.17) is 16.2 Å². The molecule has 20 heavy (non-hydrogen) atoms. The van der Waals surface area contributed by atoms with Crippen LogP contribution in [0.25, 0.3) is 0 Å². The van der Waals surface area contributed by atoms with Gasteiger partial charge in [0.05, 0.1) is 12.1 Å². The van der Waals surface area contributed by atoms with Gasteiger partial charge in [-0.25, -0.2) is 0 Å². The lowest BCUT2D eigenvalue weighted by Gasteiger charge is -2.21. The topological polar surface area (TPSA) is 107 Å². The zero-order valence-electron chi connectivity index (χ0n) is 11.4. The van der Waals surface area contributed by atoms with E-state index in [0.29, 0.717) is 31.6 Å². The molecule has 0 saturated carbocycles. The molecular formula is C14H19N3O3. The highest BCUT2D eigenvalue weighted by Crippen LogP contribution is 2.27. The number of benzene rings is 1. The molecule has 5 N–H and O–H groups in total. The molecule has 1 atom stereocenters. The Balaban J connectivity index is 1.95. The Hall–Kier alpha value is -2.08. The average molecular weight is 277 g/mol. The molecule has 1 heterocycles. The predicted molar refractivity (Wildman–Crippen MR) is 75.3 cm³/mol. The molecule has 2 amide bonds. The fraction of sp³-hybridized carbons (Fsp3) is 0.429. The minimum atomic E-state index is -1.07. The second kappa shape index (κ2) is 5.50. The van der Waals surface area contributed by atoms with Gasteiger partial charge in [-0.15, -0.1) is 0 Å². The Labute approximate surface area is 117 Å². The fourth-order valence-electron chi connectivity index (χ4n) is 1.95. The van der Waals surface area contributed by atoms with Crippen LogP contribution in [0, 0.1) is 0 Å². The van der Waals surface area contributed by atoms with Gasteiger partial charge >= 0.3 is 0 Å². The van der Waals surface area contributed by atoms with Gasteiger partial charge in [0.2, 0.25) is 11.8 Å². The van der Waals surface area contributed by atoms with Crippen LogP contribution in [-0.2, 0) is 16.0 Å². The molecule has 1 aromatic carbocycles. The number of primary amides is 1. The normalized spacial score (nSPS) is 16.8. The summed E-state index contributed by atoms with van der Waals surface area (Å²) in [6, 6.07) is 5.49. The van der Waals surface area contributed by atoms with Crippen molar-refractivity contribution in [2.75, 3.05) is 11.9 Å². The summed E-state index contributed by atoms with van der Waals surface area (Å²) in [7, 11) is 0. The van der Waals surface area contributed by atoms with Gasteiger partial charge in [0.15, 0.2) is 0 Å². The molecule has 2 rings (SSSR count). The highest BCUT2D eigenvalue weighted by atomic mass is 16.5. The number of carbonyl (C=O) groups excluding carboxylic acids is 2. The summed E-state index contributed by atoms with van der Waals surface area (Å²) in [6.45, 7) is 1.89. The van der Waals surface area contributed by atoms with E-state index < -0.39 is 11.4 Å². The van der Waals surface area contributed by atoms with Gasteiger partial charge in [-0.05, 0) is 37.1 Å². The molecule has 0 fully saturated rings. The molecule has 6 heteroatoms. The van der Waals surface area contributed by atoms with E-state index in [-0.39, 0.29) is 5.91 Å². The summed E-state index contributed by atoms with van der Waals surface area (Å²) in [4.78, 5) is 22.3. The van der Waals surface area contributed by atoms with Crippen LogP contribution in [0.3, 0.4) is 0 Å². The van der Waals surface area contributed by atoms with Crippen molar-refractivity contribution in [2.24, 2.45) is 11.5 Å². The van der Waals surface area contributed by atoms with Gasteiger partial charge in [0.25, 0.3) is 0 Å². The Morgan fingerprint density at radius 1 is 1.45 bits per heavy atom. The maximum absolute atomic E-state index is 11.3. The number of hydrogen-bond donors (Lipinski definition) is 3. The van der Waals surface area contributed by atoms with E-state index in [9.17, 15) is 9.59 Å². The highest BCUT2D eigenvalue weighted by Gasteiger charge is 2.25. The van der Waals surface area contributed by atoms with Crippen LogP contribution >= 0.6 is 0 Å². The number of carbonyl (C=O) groups is 2. The second-order valence-electron chi connectivity index (χ2n) is 5.25. The van der Waals surface area contributed by atoms with Gasteiger partial charge < -0.3 is 21.5 Å². The first-order valence-electron chi connectivity index (χ1n) is 6.53. The molecule has 1 aromatic rings. The van der Waals surface area contributed by atoms with Crippen LogP contribution in [0.5, 0.6) is 5.75 Å². The molecule has 0 saturated heterocycles. The summed E-state index contributed by atoms with van der Waals surface area (Å²) < 4.78 is 5.58. The third-order valence-corrected chi connectivity index (χ3v) is 3.43. The zero-order chi connectivity index (χ0) is 14.8. The first-order chi connectivity index (χ1) is 9.38. The van der Waals surface area contributed by atoms with E-state index in [2.05, 4.69) is 5.32 Å². The fourth-order valence-corrected chi connectivity index (χ4v) is 1.95. The van der Waals surface area contributed by atoms with Gasteiger partial charge in [0.1, 0.15) is 5.75 Å². The van der Waals surface area contributed by atoms with Crippen molar-refractivity contribution in [3.05, 3.63) is 23.8 Å². The molecule has 0 aromatic heterocycles. The molecule has 1 aliphatic heterocycles. The van der Waals surface area contributed by atoms with Crippen molar-refractivity contribution in [1.29, 1.82) is 0 Å². The number of nitrogens with one attached hydrogen (secondary N) is 1. The number of anilines is 1. The number of ether oxygens (including phenoxy) is 1. The van der Waals surface area contributed by atoms with Crippen molar-refractivity contribution < 1.29 is 14.3 Å². The minimum absolute atomic E-state index is 0.0338. The van der Waals surface area contributed by atoms with Gasteiger partial charge in [-0.2, -0.15) is 0 Å². The van der Waals surface area contributed by atoms with Crippen LogP contribution in [0.2, 0.25) is 0 Å². The minimum Gasteiger partial charge on any atom is -0.493 e. The molecule has 1 unspecified atom stereocenters. The molecule has 0 radical (unpaired) electrons.